The van der Waals surface area contributed by atoms with Gasteiger partial charge in [-0.2, -0.15) is 0 Å². The van der Waals surface area contributed by atoms with Crippen LogP contribution in [0.15, 0.2) is 0 Å². The molecule has 0 aromatic carbocycles. The molecule has 0 fully saturated rings. The average molecular weight is 182 g/mol. The van der Waals surface area contributed by atoms with Crippen LogP contribution in [0.2, 0.25) is 0 Å². The molecule has 0 aromatic heterocycles. The second-order valence-corrected chi connectivity index (χ2v) is 1.67. The second kappa shape index (κ2) is 17.0. The van der Waals surface area contributed by atoms with Crippen LogP contribution in [-0.4, -0.2) is 62.1 Å². The van der Waals surface area contributed by atoms with Crippen LogP contribution in [0, 0.1) is 0 Å². The van der Waals surface area contributed by atoms with Gasteiger partial charge in [0, 0.05) is 7.11 Å². The largest absolute Gasteiger partial charge is 0.400 e. The zero-order valence-electron chi connectivity index (χ0n) is 7.40. The standard InChI is InChI=1S/C6H14O4.CH4O/c7-1-3-9-5-6-10-4-2-8;1-2/h7-8H,1-6H2;2H,1H3. The third-order valence-corrected chi connectivity index (χ3v) is 0.843. The summed E-state index contributed by atoms with van der Waals surface area (Å²) in [5, 5.41) is 23.5. The normalized spacial score (nSPS) is 9.00. The Labute approximate surface area is 72.5 Å². The van der Waals surface area contributed by atoms with Crippen LogP contribution in [0.4, 0.5) is 0 Å². The third kappa shape index (κ3) is 16.4. The number of hydrogen-bond acceptors (Lipinski definition) is 5. The van der Waals surface area contributed by atoms with E-state index in [2.05, 4.69) is 0 Å². The number of ether oxygens (including phenoxy) is 2. The first-order valence-corrected chi connectivity index (χ1v) is 3.73. The third-order valence-electron chi connectivity index (χ3n) is 0.843. The maximum absolute atomic E-state index is 8.26. The smallest absolute Gasteiger partial charge is 0.0701 e. The zero-order valence-corrected chi connectivity index (χ0v) is 7.40. The summed E-state index contributed by atoms with van der Waals surface area (Å²) >= 11 is 0. The van der Waals surface area contributed by atoms with E-state index >= 15 is 0 Å². The number of hydrogen-bond donors (Lipinski definition) is 3. The van der Waals surface area contributed by atoms with Gasteiger partial charge >= 0.3 is 0 Å². The van der Waals surface area contributed by atoms with Gasteiger partial charge in [0.1, 0.15) is 0 Å². The lowest BCUT2D eigenvalue weighted by atomic mass is 10.7. The van der Waals surface area contributed by atoms with Gasteiger partial charge in [0.2, 0.25) is 0 Å². The Morgan fingerprint density at radius 3 is 1.33 bits per heavy atom. The maximum atomic E-state index is 8.26. The van der Waals surface area contributed by atoms with Crippen LogP contribution in [0.5, 0.6) is 0 Å². The molecule has 76 valence electrons. The van der Waals surface area contributed by atoms with Gasteiger partial charge in [0.05, 0.1) is 39.6 Å². The van der Waals surface area contributed by atoms with Gasteiger partial charge in [-0.3, -0.25) is 0 Å². The van der Waals surface area contributed by atoms with E-state index in [-0.39, 0.29) is 13.2 Å². The molecule has 0 radical (unpaired) electrons. The predicted molar refractivity (Wildman–Crippen MR) is 44.0 cm³/mol. The molecule has 0 amide bonds. The summed E-state index contributed by atoms with van der Waals surface area (Å²) in [6, 6.07) is 0. The first-order valence-electron chi connectivity index (χ1n) is 3.73. The van der Waals surface area contributed by atoms with Crippen molar-refractivity contribution in [2.24, 2.45) is 0 Å². The second-order valence-electron chi connectivity index (χ2n) is 1.67. The highest BCUT2D eigenvalue weighted by Crippen LogP contribution is 1.76. The lowest BCUT2D eigenvalue weighted by Crippen LogP contribution is -2.09. The van der Waals surface area contributed by atoms with E-state index in [1.54, 1.807) is 0 Å². The Morgan fingerprint density at radius 1 is 0.750 bits per heavy atom. The molecule has 12 heavy (non-hydrogen) atoms. The summed E-state index contributed by atoms with van der Waals surface area (Å²) < 4.78 is 9.75. The molecule has 0 unspecified atom stereocenters. The average Bonchev–Trinajstić information content (AvgIpc) is 2.15. The van der Waals surface area contributed by atoms with E-state index in [9.17, 15) is 0 Å². The van der Waals surface area contributed by atoms with Crippen molar-refractivity contribution in [3.63, 3.8) is 0 Å². The molecule has 0 aromatic rings. The van der Waals surface area contributed by atoms with Gasteiger partial charge in [-0.25, -0.2) is 0 Å². The molecule has 0 atom stereocenters. The van der Waals surface area contributed by atoms with E-state index in [1.807, 2.05) is 0 Å². The van der Waals surface area contributed by atoms with Gasteiger partial charge in [-0.1, -0.05) is 0 Å². The summed E-state index contributed by atoms with van der Waals surface area (Å²) in [6.07, 6.45) is 0. The van der Waals surface area contributed by atoms with Crippen molar-refractivity contribution in [1.82, 2.24) is 0 Å². The molecule has 0 saturated carbocycles. The Balaban J connectivity index is 0. The minimum atomic E-state index is 0.0417. The molecular formula is C7H18O5. The lowest BCUT2D eigenvalue weighted by Gasteiger charge is -2.01. The molecule has 0 rings (SSSR count). The summed E-state index contributed by atoms with van der Waals surface area (Å²) in [5.74, 6) is 0. The van der Waals surface area contributed by atoms with Crippen LogP contribution >= 0.6 is 0 Å². The topological polar surface area (TPSA) is 79.2 Å². The van der Waals surface area contributed by atoms with Gasteiger partial charge in [0.25, 0.3) is 0 Å². The maximum Gasteiger partial charge on any atom is 0.0701 e. The Hall–Kier alpha value is -0.200. The minimum absolute atomic E-state index is 0.0417. The fraction of sp³-hybridized carbons (Fsp3) is 1.00. The van der Waals surface area contributed by atoms with E-state index in [0.717, 1.165) is 7.11 Å². The number of aliphatic hydroxyl groups excluding tert-OH is 3. The highest BCUT2D eigenvalue weighted by molar-refractivity contribution is 4.30. The van der Waals surface area contributed by atoms with E-state index < -0.39 is 0 Å². The Morgan fingerprint density at radius 2 is 1.08 bits per heavy atom. The van der Waals surface area contributed by atoms with Crippen molar-refractivity contribution in [3.8, 4) is 0 Å². The van der Waals surface area contributed by atoms with Crippen molar-refractivity contribution in [2.45, 2.75) is 0 Å². The highest BCUT2D eigenvalue weighted by atomic mass is 16.5. The Bertz CT molecular complexity index is 51.8. The summed E-state index contributed by atoms with van der Waals surface area (Å²) in [5.41, 5.74) is 0. The first kappa shape index (κ1) is 14.3. The molecule has 0 aliphatic heterocycles. The van der Waals surface area contributed by atoms with E-state index in [0.29, 0.717) is 26.4 Å². The van der Waals surface area contributed by atoms with Crippen LogP contribution < -0.4 is 0 Å². The highest BCUT2D eigenvalue weighted by Gasteiger charge is 1.86. The Kier molecular flexibility index (Phi) is 20.4. The molecule has 5 heteroatoms. The van der Waals surface area contributed by atoms with Gasteiger partial charge in [-0.05, 0) is 0 Å². The van der Waals surface area contributed by atoms with Crippen LogP contribution in [0.25, 0.3) is 0 Å². The summed E-state index contributed by atoms with van der Waals surface area (Å²) in [7, 11) is 1.00. The molecule has 0 aliphatic carbocycles. The molecule has 3 N–H and O–H groups in total. The van der Waals surface area contributed by atoms with Gasteiger partial charge < -0.3 is 24.8 Å². The fourth-order valence-corrected chi connectivity index (χ4v) is 0.451. The van der Waals surface area contributed by atoms with Crippen LogP contribution in [-0.2, 0) is 9.47 Å². The molecule has 0 saturated heterocycles. The van der Waals surface area contributed by atoms with E-state index in [4.69, 9.17) is 24.8 Å². The van der Waals surface area contributed by atoms with Gasteiger partial charge in [0.15, 0.2) is 0 Å². The monoisotopic (exact) mass is 182 g/mol. The molecule has 0 bridgehead atoms. The zero-order chi connectivity index (χ0) is 9.66. The summed E-state index contributed by atoms with van der Waals surface area (Å²) in [6.45, 7) is 1.73. The minimum Gasteiger partial charge on any atom is -0.400 e. The van der Waals surface area contributed by atoms with Crippen molar-refractivity contribution < 1.29 is 24.8 Å². The van der Waals surface area contributed by atoms with Crippen LogP contribution in [0.3, 0.4) is 0 Å². The number of rotatable bonds is 7. The molecular weight excluding hydrogens is 164 g/mol. The van der Waals surface area contributed by atoms with Crippen molar-refractivity contribution >= 4 is 0 Å². The SMILES string of the molecule is CO.OCCOCCOCCO. The van der Waals surface area contributed by atoms with Crippen molar-refractivity contribution in [1.29, 1.82) is 0 Å². The quantitative estimate of drug-likeness (QED) is 0.423. The summed E-state index contributed by atoms with van der Waals surface area (Å²) in [4.78, 5) is 0. The predicted octanol–water partition coefficient (Wildman–Crippen LogP) is -1.39. The molecule has 5 nitrogen and oxygen atoms in total. The molecule has 0 heterocycles. The molecule has 0 spiro atoms. The number of aliphatic hydroxyl groups is 3. The molecule has 0 aliphatic rings. The van der Waals surface area contributed by atoms with Crippen molar-refractivity contribution in [3.05, 3.63) is 0 Å². The van der Waals surface area contributed by atoms with Gasteiger partial charge in [-0.15, -0.1) is 0 Å². The fourth-order valence-electron chi connectivity index (χ4n) is 0.451. The van der Waals surface area contributed by atoms with E-state index in [1.165, 1.54) is 0 Å². The van der Waals surface area contributed by atoms with Crippen LogP contribution in [0.1, 0.15) is 0 Å². The lowest BCUT2D eigenvalue weighted by molar-refractivity contribution is 0.0222. The first-order chi connectivity index (χ1) is 5.91. The van der Waals surface area contributed by atoms with Crippen molar-refractivity contribution in [2.75, 3.05) is 46.8 Å².